The molecule has 0 unspecified atom stereocenters. The molecule has 34 heavy (non-hydrogen) atoms. The molecule has 0 heterocycles. The highest BCUT2D eigenvalue weighted by molar-refractivity contribution is 5.93. The number of hydrogen-bond donors (Lipinski definition) is 4. The number of carbonyl (C=O) groups is 5. The van der Waals surface area contributed by atoms with Crippen molar-refractivity contribution in [2.75, 3.05) is 19.8 Å². The van der Waals surface area contributed by atoms with Crippen molar-refractivity contribution >= 4 is 29.8 Å². The Morgan fingerprint density at radius 3 is 2.21 bits per heavy atom. The Morgan fingerprint density at radius 2 is 1.62 bits per heavy atom. The van der Waals surface area contributed by atoms with Gasteiger partial charge in [0.1, 0.15) is 12.6 Å². The van der Waals surface area contributed by atoms with Crippen LogP contribution in [0, 0.1) is 5.92 Å². The SMILES string of the molecule is CCOC(=O)C[C@H](C(=O)OCC)[C@@H](NC(=O)C[C@@H](O)CNC(=O)OCc1ccccc1)C(N)=O. The van der Waals surface area contributed by atoms with E-state index in [2.05, 4.69) is 10.6 Å². The van der Waals surface area contributed by atoms with Gasteiger partial charge >= 0.3 is 18.0 Å². The van der Waals surface area contributed by atoms with Crippen LogP contribution < -0.4 is 16.4 Å². The van der Waals surface area contributed by atoms with E-state index >= 15 is 0 Å². The third-order valence-electron chi connectivity index (χ3n) is 4.42. The van der Waals surface area contributed by atoms with Crippen LogP contribution >= 0.6 is 0 Å². The van der Waals surface area contributed by atoms with E-state index in [0.717, 1.165) is 5.56 Å². The van der Waals surface area contributed by atoms with Gasteiger partial charge in [-0.05, 0) is 19.4 Å². The topological polar surface area (TPSA) is 183 Å². The summed E-state index contributed by atoms with van der Waals surface area (Å²) in [4.78, 5) is 60.1. The van der Waals surface area contributed by atoms with Crippen molar-refractivity contribution in [3.05, 3.63) is 35.9 Å². The summed E-state index contributed by atoms with van der Waals surface area (Å²) >= 11 is 0. The van der Waals surface area contributed by atoms with Crippen LogP contribution in [0.15, 0.2) is 30.3 Å². The Balaban J connectivity index is 2.62. The number of amides is 3. The molecule has 3 atom stereocenters. The molecule has 1 rings (SSSR count). The molecule has 0 saturated heterocycles. The summed E-state index contributed by atoms with van der Waals surface area (Å²) in [5.41, 5.74) is 6.10. The van der Waals surface area contributed by atoms with Gasteiger partial charge in [0.2, 0.25) is 11.8 Å². The van der Waals surface area contributed by atoms with Gasteiger partial charge in [0.25, 0.3) is 0 Å². The minimum Gasteiger partial charge on any atom is -0.466 e. The van der Waals surface area contributed by atoms with E-state index in [1.165, 1.54) is 6.92 Å². The van der Waals surface area contributed by atoms with Crippen LogP contribution in [0.3, 0.4) is 0 Å². The van der Waals surface area contributed by atoms with Crippen molar-refractivity contribution in [3.63, 3.8) is 0 Å². The number of carbonyl (C=O) groups excluding carboxylic acids is 5. The van der Waals surface area contributed by atoms with Gasteiger partial charge in [0.05, 0.1) is 38.1 Å². The molecule has 12 nitrogen and oxygen atoms in total. The smallest absolute Gasteiger partial charge is 0.407 e. The number of aliphatic hydroxyl groups is 1. The molecular weight excluding hydrogens is 450 g/mol. The lowest BCUT2D eigenvalue weighted by Gasteiger charge is -2.24. The lowest BCUT2D eigenvalue weighted by Crippen LogP contribution is -2.53. The monoisotopic (exact) mass is 481 g/mol. The molecule has 3 amide bonds. The maximum atomic E-state index is 12.3. The van der Waals surface area contributed by atoms with Gasteiger partial charge in [0.15, 0.2) is 0 Å². The van der Waals surface area contributed by atoms with Crippen molar-refractivity contribution in [2.45, 2.75) is 45.4 Å². The third kappa shape index (κ3) is 10.8. The largest absolute Gasteiger partial charge is 0.466 e. The molecule has 5 N–H and O–H groups in total. The second-order valence-corrected chi connectivity index (χ2v) is 7.12. The summed E-state index contributed by atoms with van der Waals surface area (Å²) < 4.78 is 14.7. The van der Waals surface area contributed by atoms with Crippen LogP contribution in [0.25, 0.3) is 0 Å². The van der Waals surface area contributed by atoms with E-state index in [1.807, 2.05) is 6.07 Å². The Hall–Kier alpha value is -3.67. The van der Waals surface area contributed by atoms with Crippen molar-refractivity contribution in [1.29, 1.82) is 0 Å². The first-order valence-corrected chi connectivity index (χ1v) is 10.7. The van der Waals surface area contributed by atoms with E-state index in [4.69, 9.17) is 19.9 Å². The van der Waals surface area contributed by atoms with Gasteiger partial charge in [-0.15, -0.1) is 0 Å². The lowest BCUT2D eigenvalue weighted by atomic mass is 9.95. The van der Waals surface area contributed by atoms with Gasteiger partial charge in [-0.2, -0.15) is 0 Å². The zero-order valence-electron chi connectivity index (χ0n) is 19.2. The average Bonchev–Trinajstić information content (AvgIpc) is 2.79. The molecule has 0 saturated carbocycles. The predicted octanol–water partition coefficient (Wildman–Crippen LogP) is -0.234. The molecule has 0 aliphatic heterocycles. The number of primary amides is 1. The number of hydrogen-bond acceptors (Lipinski definition) is 9. The molecule has 1 aromatic carbocycles. The third-order valence-corrected chi connectivity index (χ3v) is 4.42. The van der Waals surface area contributed by atoms with Crippen molar-refractivity contribution in [2.24, 2.45) is 11.7 Å². The molecule has 1 aromatic rings. The second kappa shape index (κ2) is 15.2. The van der Waals surface area contributed by atoms with Gasteiger partial charge in [-0.1, -0.05) is 30.3 Å². The standard InChI is InChI=1S/C22H31N3O9/c1-3-32-18(28)11-16(21(30)33-4-2)19(20(23)29)25-17(27)10-15(26)12-24-22(31)34-13-14-8-6-5-7-9-14/h5-9,15-16,19,26H,3-4,10-13H2,1-2H3,(H2,23,29)(H,24,31)(H,25,27)/t15-,16+,19-/m1/s1. The van der Waals surface area contributed by atoms with E-state index in [9.17, 15) is 29.1 Å². The molecule has 0 fully saturated rings. The first kappa shape index (κ1) is 28.4. The van der Waals surface area contributed by atoms with Crippen LogP contribution in [0.2, 0.25) is 0 Å². The van der Waals surface area contributed by atoms with Crippen molar-refractivity contribution < 1.29 is 43.3 Å². The predicted molar refractivity (Wildman–Crippen MR) is 118 cm³/mol. The number of rotatable bonds is 14. The maximum Gasteiger partial charge on any atom is 0.407 e. The van der Waals surface area contributed by atoms with Crippen LogP contribution in [-0.4, -0.2) is 66.9 Å². The molecule has 12 heteroatoms. The van der Waals surface area contributed by atoms with Crippen LogP contribution in [0.5, 0.6) is 0 Å². The highest BCUT2D eigenvalue weighted by Gasteiger charge is 2.37. The molecular formula is C22H31N3O9. The highest BCUT2D eigenvalue weighted by Crippen LogP contribution is 2.14. The second-order valence-electron chi connectivity index (χ2n) is 7.12. The quantitative estimate of drug-likeness (QED) is 0.206. The van der Waals surface area contributed by atoms with Gasteiger partial charge in [-0.3, -0.25) is 19.2 Å². The zero-order valence-corrected chi connectivity index (χ0v) is 19.2. The van der Waals surface area contributed by atoms with Crippen molar-refractivity contribution in [1.82, 2.24) is 10.6 Å². The van der Waals surface area contributed by atoms with Crippen molar-refractivity contribution in [3.8, 4) is 0 Å². The van der Waals surface area contributed by atoms with E-state index in [-0.39, 0.29) is 26.4 Å². The lowest BCUT2D eigenvalue weighted by molar-refractivity contribution is -0.157. The first-order valence-electron chi connectivity index (χ1n) is 10.7. The molecule has 0 radical (unpaired) electrons. The number of aliphatic hydroxyl groups excluding tert-OH is 1. The Bertz CT molecular complexity index is 832. The summed E-state index contributed by atoms with van der Waals surface area (Å²) in [7, 11) is 0. The fraction of sp³-hybridized carbons (Fsp3) is 0.500. The van der Waals surface area contributed by atoms with E-state index < -0.39 is 60.8 Å². The number of ether oxygens (including phenoxy) is 3. The highest BCUT2D eigenvalue weighted by atomic mass is 16.6. The fourth-order valence-corrected chi connectivity index (χ4v) is 2.85. The van der Waals surface area contributed by atoms with Gasteiger partial charge in [-0.25, -0.2) is 4.79 Å². The molecule has 0 spiro atoms. The number of benzene rings is 1. The number of alkyl carbamates (subject to hydrolysis) is 1. The Labute approximate surface area is 197 Å². The van der Waals surface area contributed by atoms with Crippen LogP contribution in [-0.2, 0) is 40.0 Å². The summed E-state index contributed by atoms with van der Waals surface area (Å²) in [5, 5.41) is 14.6. The summed E-state index contributed by atoms with van der Waals surface area (Å²) in [6, 6.07) is 7.36. The van der Waals surface area contributed by atoms with E-state index in [0.29, 0.717) is 0 Å². The molecule has 0 bridgehead atoms. The maximum absolute atomic E-state index is 12.3. The zero-order chi connectivity index (χ0) is 25.5. The first-order chi connectivity index (χ1) is 16.2. The molecule has 0 aromatic heterocycles. The number of nitrogens with two attached hydrogens (primary N) is 1. The molecule has 188 valence electrons. The van der Waals surface area contributed by atoms with Gasteiger partial charge < -0.3 is 35.7 Å². The van der Waals surface area contributed by atoms with Gasteiger partial charge in [0, 0.05) is 6.54 Å². The van der Waals surface area contributed by atoms with Crippen LogP contribution in [0.1, 0.15) is 32.3 Å². The summed E-state index contributed by atoms with van der Waals surface area (Å²) in [5.74, 6) is -5.02. The number of esters is 2. The van der Waals surface area contributed by atoms with E-state index in [1.54, 1.807) is 31.2 Å². The number of nitrogens with one attached hydrogen (secondary N) is 2. The normalized spacial score (nSPS) is 13.0. The fourth-order valence-electron chi connectivity index (χ4n) is 2.85. The van der Waals surface area contributed by atoms with Crippen LogP contribution in [0.4, 0.5) is 4.79 Å². The Morgan fingerprint density at radius 1 is 0.971 bits per heavy atom. The Kier molecular flexibility index (Phi) is 12.7. The summed E-state index contributed by atoms with van der Waals surface area (Å²) in [6.07, 6.45) is -3.20. The summed E-state index contributed by atoms with van der Waals surface area (Å²) in [6.45, 7) is 2.84. The molecule has 0 aliphatic carbocycles. The minimum absolute atomic E-state index is 0.0255. The average molecular weight is 482 g/mol. The molecule has 0 aliphatic rings. The minimum atomic E-state index is -1.58.